The van der Waals surface area contributed by atoms with Gasteiger partial charge >= 0.3 is 11.9 Å². The molecule has 2 rings (SSSR count). The number of benzene rings is 1. The third-order valence-corrected chi connectivity index (χ3v) is 4.92. The fraction of sp³-hybridized carbons (Fsp3) is 0.478. The Bertz CT molecular complexity index is 736. The van der Waals surface area contributed by atoms with Gasteiger partial charge in [-0.15, -0.1) is 0 Å². The van der Waals surface area contributed by atoms with Crippen molar-refractivity contribution in [2.24, 2.45) is 5.92 Å². The van der Waals surface area contributed by atoms with E-state index in [0.29, 0.717) is 11.5 Å². The Kier molecular flexibility index (Phi) is 7.00. The molecule has 4 nitrogen and oxygen atoms in total. The van der Waals surface area contributed by atoms with Gasteiger partial charge in [0.15, 0.2) is 0 Å². The second-order valence-corrected chi connectivity index (χ2v) is 7.47. The van der Waals surface area contributed by atoms with E-state index in [2.05, 4.69) is 26.5 Å². The largest absolute Gasteiger partial charge is 0.426 e. The van der Waals surface area contributed by atoms with Crippen LogP contribution in [-0.2, 0) is 16.0 Å². The van der Waals surface area contributed by atoms with Gasteiger partial charge in [0.25, 0.3) is 0 Å². The normalized spacial score (nSPS) is 19.2. The Morgan fingerprint density at radius 1 is 1.11 bits per heavy atom. The molecular formula is C23H30O4. The topological polar surface area (TPSA) is 52.6 Å². The van der Waals surface area contributed by atoms with Crippen molar-refractivity contribution in [3.63, 3.8) is 0 Å². The molecule has 27 heavy (non-hydrogen) atoms. The summed E-state index contributed by atoms with van der Waals surface area (Å²) in [4.78, 5) is 23.5. The number of hydrogen-bond acceptors (Lipinski definition) is 4. The fourth-order valence-electron chi connectivity index (χ4n) is 3.80. The van der Waals surface area contributed by atoms with Gasteiger partial charge in [-0.05, 0) is 56.7 Å². The smallest absolute Gasteiger partial charge is 0.308 e. The highest BCUT2D eigenvalue weighted by Crippen LogP contribution is 2.47. The van der Waals surface area contributed by atoms with Crippen LogP contribution in [0.15, 0.2) is 35.9 Å². The number of ether oxygens (including phenoxy) is 2. The maximum absolute atomic E-state index is 11.8. The van der Waals surface area contributed by atoms with Crippen molar-refractivity contribution in [2.45, 2.75) is 66.2 Å². The van der Waals surface area contributed by atoms with E-state index in [1.807, 2.05) is 19.1 Å². The van der Waals surface area contributed by atoms with Gasteiger partial charge < -0.3 is 9.47 Å². The average Bonchev–Trinajstić information content (AvgIpc) is 2.53. The Morgan fingerprint density at radius 3 is 2.11 bits per heavy atom. The van der Waals surface area contributed by atoms with Crippen LogP contribution in [-0.4, -0.2) is 11.9 Å². The number of hydrogen-bond donors (Lipinski definition) is 0. The third-order valence-electron chi connectivity index (χ3n) is 4.92. The first-order valence-corrected chi connectivity index (χ1v) is 9.59. The minimum atomic E-state index is -0.387. The fourth-order valence-corrected chi connectivity index (χ4v) is 3.80. The van der Waals surface area contributed by atoms with E-state index in [1.165, 1.54) is 19.4 Å². The summed E-state index contributed by atoms with van der Waals surface area (Å²) in [7, 11) is 0. The predicted molar refractivity (Wildman–Crippen MR) is 107 cm³/mol. The SMILES string of the molecule is C=C(C)C1CCC(C)=CC1c1c(OC(C)=O)cc(CCC)cc1OC(C)=O. The van der Waals surface area contributed by atoms with Crippen molar-refractivity contribution in [3.05, 3.63) is 47.1 Å². The van der Waals surface area contributed by atoms with Gasteiger partial charge in [-0.2, -0.15) is 0 Å². The maximum atomic E-state index is 11.8. The molecule has 1 aliphatic rings. The third kappa shape index (κ3) is 5.31. The van der Waals surface area contributed by atoms with E-state index in [9.17, 15) is 9.59 Å². The summed E-state index contributed by atoms with van der Waals surface area (Å²) < 4.78 is 11.2. The summed E-state index contributed by atoms with van der Waals surface area (Å²) in [5.74, 6) is 0.341. The Hall–Kier alpha value is -2.36. The van der Waals surface area contributed by atoms with Gasteiger partial charge in [0.1, 0.15) is 11.5 Å². The number of allylic oxidation sites excluding steroid dienone is 3. The van der Waals surface area contributed by atoms with Crippen LogP contribution in [0.5, 0.6) is 11.5 Å². The molecule has 2 atom stereocenters. The van der Waals surface area contributed by atoms with E-state index in [0.717, 1.165) is 42.4 Å². The predicted octanol–water partition coefficient (Wildman–Crippen LogP) is 5.51. The van der Waals surface area contributed by atoms with Crippen molar-refractivity contribution in [1.82, 2.24) is 0 Å². The zero-order chi connectivity index (χ0) is 20.1. The van der Waals surface area contributed by atoms with Gasteiger partial charge in [0.2, 0.25) is 0 Å². The van der Waals surface area contributed by atoms with Crippen LogP contribution in [0.2, 0.25) is 0 Å². The van der Waals surface area contributed by atoms with Crippen LogP contribution >= 0.6 is 0 Å². The van der Waals surface area contributed by atoms with Gasteiger partial charge in [0.05, 0.1) is 0 Å². The first-order valence-electron chi connectivity index (χ1n) is 9.59. The van der Waals surface area contributed by atoms with Crippen molar-refractivity contribution in [3.8, 4) is 11.5 Å². The van der Waals surface area contributed by atoms with E-state index >= 15 is 0 Å². The average molecular weight is 370 g/mol. The summed E-state index contributed by atoms with van der Waals surface area (Å²) in [5.41, 5.74) is 4.09. The summed E-state index contributed by atoms with van der Waals surface area (Å²) in [5, 5.41) is 0. The summed E-state index contributed by atoms with van der Waals surface area (Å²) in [6.45, 7) is 13.1. The molecule has 0 N–H and O–H groups in total. The van der Waals surface area contributed by atoms with Crippen LogP contribution in [0.4, 0.5) is 0 Å². The van der Waals surface area contributed by atoms with E-state index in [-0.39, 0.29) is 23.8 Å². The van der Waals surface area contributed by atoms with Crippen LogP contribution in [0.25, 0.3) is 0 Å². The molecule has 0 amide bonds. The van der Waals surface area contributed by atoms with Crippen molar-refractivity contribution < 1.29 is 19.1 Å². The van der Waals surface area contributed by atoms with Gasteiger partial charge in [-0.1, -0.05) is 37.1 Å². The Labute approximate surface area is 162 Å². The molecule has 2 unspecified atom stereocenters. The molecule has 0 fully saturated rings. The molecule has 146 valence electrons. The molecule has 0 heterocycles. The molecule has 0 bridgehead atoms. The number of aryl methyl sites for hydroxylation is 1. The lowest BCUT2D eigenvalue weighted by Crippen LogP contribution is -2.20. The highest BCUT2D eigenvalue weighted by Gasteiger charge is 2.32. The number of carbonyl (C=O) groups is 2. The molecule has 0 saturated heterocycles. The highest BCUT2D eigenvalue weighted by molar-refractivity contribution is 5.73. The maximum Gasteiger partial charge on any atom is 0.308 e. The first-order chi connectivity index (χ1) is 12.7. The lowest BCUT2D eigenvalue weighted by molar-refractivity contribution is -0.132. The molecule has 4 heteroatoms. The highest BCUT2D eigenvalue weighted by atomic mass is 16.5. The number of rotatable bonds is 6. The Balaban J connectivity index is 2.71. The molecular weight excluding hydrogens is 340 g/mol. The van der Waals surface area contributed by atoms with Crippen molar-refractivity contribution in [2.75, 3.05) is 0 Å². The minimum Gasteiger partial charge on any atom is -0.426 e. The van der Waals surface area contributed by atoms with Crippen molar-refractivity contribution >= 4 is 11.9 Å². The lowest BCUT2D eigenvalue weighted by Gasteiger charge is -2.32. The quantitative estimate of drug-likeness (QED) is 0.377. The van der Waals surface area contributed by atoms with Gasteiger partial charge in [0, 0.05) is 25.3 Å². The minimum absolute atomic E-state index is 0.0457. The van der Waals surface area contributed by atoms with E-state index < -0.39 is 0 Å². The Morgan fingerprint density at radius 2 is 1.67 bits per heavy atom. The van der Waals surface area contributed by atoms with Crippen LogP contribution in [0, 0.1) is 5.92 Å². The molecule has 1 aliphatic carbocycles. The standard InChI is InChI=1S/C23H30O4/c1-7-8-18-12-21(26-16(5)24)23(22(13-18)27-17(6)25)20-11-15(4)9-10-19(20)14(2)3/h11-13,19-20H,2,7-10H2,1,3-6H3. The van der Waals surface area contributed by atoms with Gasteiger partial charge in [-0.3, -0.25) is 9.59 Å². The van der Waals surface area contributed by atoms with Crippen LogP contribution in [0.1, 0.15) is 70.9 Å². The second kappa shape index (κ2) is 9.03. The molecule has 0 aliphatic heterocycles. The van der Waals surface area contributed by atoms with Crippen LogP contribution in [0.3, 0.4) is 0 Å². The molecule has 0 spiro atoms. The molecule has 1 aromatic carbocycles. The monoisotopic (exact) mass is 370 g/mol. The van der Waals surface area contributed by atoms with Crippen molar-refractivity contribution in [1.29, 1.82) is 0 Å². The van der Waals surface area contributed by atoms with Crippen LogP contribution < -0.4 is 9.47 Å². The lowest BCUT2D eigenvalue weighted by atomic mass is 9.73. The summed E-state index contributed by atoms with van der Waals surface area (Å²) in [6.07, 6.45) is 5.92. The van der Waals surface area contributed by atoms with E-state index in [1.54, 1.807) is 0 Å². The molecule has 0 saturated carbocycles. The van der Waals surface area contributed by atoms with E-state index in [4.69, 9.17) is 9.47 Å². The van der Waals surface area contributed by atoms with Gasteiger partial charge in [-0.25, -0.2) is 0 Å². The summed E-state index contributed by atoms with van der Waals surface area (Å²) in [6, 6.07) is 3.81. The number of esters is 2. The zero-order valence-electron chi connectivity index (χ0n) is 17.1. The summed E-state index contributed by atoms with van der Waals surface area (Å²) >= 11 is 0. The second-order valence-electron chi connectivity index (χ2n) is 7.47. The molecule has 0 aromatic heterocycles. The first kappa shape index (κ1) is 20.9. The zero-order valence-corrected chi connectivity index (χ0v) is 17.1. The molecule has 0 radical (unpaired) electrons. The molecule has 1 aromatic rings. The number of carbonyl (C=O) groups excluding carboxylic acids is 2.